The number of hydrogen-bond donors (Lipinski definition) is 0. The van der Waals surface area contributed by atoms with E-state index in [-0.39, 0.29) is 0 Å². The van der Waals surface area contributed by atoms with Crippen molar-refractivity contribution in [3.8, 4) is 0 Å². The molecule has 0 N–H and O–H groups in total. The second-order valence-electron chi connectivity index (χ2n) is 2.67. The normalized spacial score (nSPS) is 30.2. The molecule has 0 amide bonds. The van der Waals surface area contributed by atoms with E-state index in [0.29, 0.717) is 0 Å². The van der Waals surface area contributed by atoms with Gasteiger partial charge >= 0.3 is 0 Å². The molecule has 1 atom stereocenters. The highest BCUT2D eigenvalue weighted by atomic mass is 14.2. The Morgan fingerprint density at radius 2 is 2.11 bits per heavy atom. The Kier molecular flexibility index (Phi) is 1.05. The van der Waals surface area contributed by atoms with Crippen LogP contribution in [0.2, 0.25) is 0 Å². The summed E-state index contributed by atoms with van der Waals surface area (Å²) in [5.41, 5.74) is 1.53. The minimum absolute atomic E-state index is 0.829. The average molecular weight is 118 g/mol. The monoisotopic (exact) mass is 118 g/mol. The van der Waals surface area contributed by atoms with Gasteiger partial charge in [-0.3, -0.25) is 0 Å². The molecular formula is C9H10. The first-order valence-electron chi connectivity index (χ1n) is 3.50. The van der Waals surface area contributed by atoms with E-state index in [1.165, 1.54) is 18.4 Å². The van der Waals surface area contributed by atoms with Gasteiger partial charge < -0.3 is 0 Å². The van der Waals surface area contributed by atoms with Crippen molar-refractivity contribution in [3.63, 3.8) is 0 Å². The van der Waals surface area contributed by atoms with E-state index in [4.69, 9.17) is 0 Å². The second kappa shape index (κ2) is 1.87. The van der Waals surface area contributed by atoms with Gasteiger partial charge in [0, 0.05) is 0 Å². The minimum atomic E-state index is 0.829. The lowest BCUT2D eigenvalue weighted by molar-refractivity contribution is 0.665. The molecule has 2 aliphatic carbocycles. The SMILES string of the molecule is C1=CCC2CC=CC2=C1. The summed E-state index contributed by atoms with van der Waals surface area (Å²) in [7, 11) is 0. The fourth-order valence-corrected chi connectivity index (χ4v) is 1.49. The zero-order valence-corrected chi connectivity index (χ0v) is 5.38. The van der Waals surface area contributed by atoms with Crippen molar-refractivity contribution in [2.75, 3.05) is 0 Å². The van der Waals surface area contributed by atoms with Crippen molar-refractivity contribution in [2.45, 2.75) is 12.8 Å². The molecule has 0 spiro atoms. The number of rotatable bonds is 0. The van der Waals surface area contributed by atoms with E-state index in [2.05, 4.69) is 30.4 Å². The van der Waals surface area contributed by atoms with Crippen LogP contribution in [-0.4, -0.2) is 0 Å². The molecule has 2 rings (SSSR count). The number of hydrogen-bond acceptors (Lipinski definition) is 0. The van der Waals surface area contributed by atoms with Crippen molar-refractivity contribution in [2.24, 2.45) is 5.92 Å². The van der Waals surface area contributed by atoms with E-state index in [0.717, 1.165) is 5.92 Å². The minimum Gasteiger partial charge on any atom is -0.0839 e. The molecule has 0 aromatic heterocycles. The van der Waals surface area contributed by atoms with Crippen molar-refractivity contribution >= 4 is 0 Å². The average Bonchev–Trinajstić information content (AvgIpc) is 2.33. The summed E-state index contributed by atoms with van der Waals surface area (Å²) in [4.78, 5) is 0. The van der Waals surface area contributed by atoms with Crippen molar-refractivity contribution in [1.29, 1.82) is 0 Å². The van der Waals surface area contributed by atoms with Crippen LogP contribution in [0.25, 0.3) is 0 Å². The number of fused-ring (bicyclic) bond motifs is 1. The predicted molar refractivity (Wildman–Crippen MR) is 39.1 cm³/mol. The lowest BCUT2D eigenvalue weighted by atomic mass is 9.94. The van der Waals surface area contributed by atoms with E-state index >= 15 is 0 Å². The first-order chi connectivity index (χ1) is 4.47. The largest absolute Gasteiger partial charge is 0.0839 e. The lowest BCUT2D eigenvalue weighted by Crippen LogP contribution is -1.97. The van der Waals surface area contributed by atoms with Crippen LogP contribution in [0.1, 0.15) is 12.8 Å². The zero-order valence-electron chi connectivity index (χ0n) is 5.38. The Labute approximate surface area is 55.6 Å². The molecule has 0 radical (unpaired) electrons. The molecule has 0 heterocycles. The van der Waals surface area contributed by atoms with Crippen LogP contribution < -0.4 is 0 Å². The standard InChI is InChI=1S/C9H10/c1-2-5-9-7-3-6-8(9)4-1/h1-4,6,9H,5,7H2. The first kappa shape index (κ1) is 5.04. The summed E-state index contributed by atoms with van der Waals surface area (Å²) >= 11 is 0. The highest BCUT2D eigenvalue weighted by Gasteiger charge is 2.15. The van der Waals surface area contributed by atoms with Crippen LogP contribution in [0.4, 0.5) is 0 Å². The molecule has 0 heteroatoms. The topological polar surface area (TPSA) is 0 Å². The van der Waals surface area contributed by atoms with Gasteiger partial charge in [-0.25, -0.2) is 0 Å². The van der Waals surface area contributed by atoms with Gasteiger partial charge in [0.15, 0.2) is 0 Å². The Balaban J connectivity index is 2.31. The van der Waals surface area contributed by atoms with Gasteiger partial charge in [0.2, 0.25) is 0 Å². The molecule has 0 saturated heterocycles. The molecule has 1 unspecified atom stereocenters. The predicted octanol–water partition coefficient (Wildman–Crippen LogP) is 2.45. The second-order valence-corrected chi connectivity index (χ2v) is 2.67. The molecule has 0 aromatic carbocycles. The molecule has 0 nitrogen and oxygen atoms in total. The van der Waals surface area contributed by atoms with Gasteiger partial charge in [-0.15, -0.1) is 0 Å². The fraction of sp³-hybridized carbons (Fsp3) is 0.333. The van der Waals surface area contributed by atoms with E-state index < -0.39 is 0 Å². The molecule has 0 aliphatic heterocycles. The Bertz CT molecular complexity index is 194. The molecule has 0 saturated carbocycles. The van der Waals surface area contributed by atoms with E-state index in [1.54, 1.807) is 0 Å². The first-order valence-corrected chi connectivity index (χ1v) is 3.50. The van der Waals surface area contributed by atoms with Crippen molar-refractivity contribution < 1.29 is 0 Å². The molecule has 0 aromatic rings. The summed E-state index contributed by atoms with van der Waals surface area (Å²) < 4.78 is 0. The maximum absolute atomic E-state index is 2.27. The van der Waals surface area contributed by atoms with Gasteiger partial charge in [0.1, 0.15) is 0 Å². The molecule has 0 fully saturated rings. The van der Waals surface area contributed by atoms with Gasteiger partial charge in [0.05, 0.1) is 0 Å². The number of allylic oxidation sites excluding steroid dienone is 6. The van der Waals surface area contributed by atoms with Gasteiger partial charge in [0.25, 0.3) is 0 Å². The van der Waals surface area contributed by atoms with Crippen LogP contribution in [0.15, 0.2) is 36.0 Å². The highest BCUT2D eigenvalue weighted by molar-refractivity contribution is 5.34. The van der Waals surface area contributed by atoms with Crippen molar-refractivity contribution in [3.05, 3.63) is 36.0 Å². The van der Waals surface area contributed by atoms with Crippen LogP contribution >= 0.6 is 0 Å². The van der Waals surface area contributed by atoms with Crippen molar-refractivity contribution in [1.82, 2.24) is 0 Å². The molecule has 46 valence electrons. The maximum atomic E-state index is 2.27. The third-order valence-electron chi connectivity index (χ3n) is 2.05. The summed E-state index contributed by atoms with van der Waals surface area (Å²) in [5.74, 6) is 0.829. The maximum Gasteiger partial charge on any atom is -0.00927 e. The third-order valence-corrected chi connectivity index (χ3v) is 2.05. The molecule has 2 aliphatic rings. The van der Waals surface area contributed by atoms with E-state index in [9.17, 15) is 0 Å². The smallest absolute Gasteiger partial charge is 0.00927 e. The molecule has 9 heavy (non-hydrogen) atoms. The van der Waals surface area contributed by atoms with Gasteiger partial charge in [-0.05, 0) is 24.3 Å². The van der Waals surface area contributed by atoms with Gasteiger partial charge in [-0.1, -0.05) is 30.4 Å². The highest BCUT2D eigenvalue weighted by Crippen LogP contribution is 2.29. The Hall–Kier alpha value is -0.780. The van der Waals surface area contributed by atoms with E-state index in [1.807, 2.05) is 0 Å². The summed E-state index contributed by atoms with van der Waals surface area (Å²) in [6.07, 6.45) is 13.6. The third kappa shape index (κ3) is 0.748. The molecule has 0 bridgehead atoms. The Morgan fingerprint density at radius 3 is 3.00 bits per heavy atom. The van der Waals surface area contributed by atoms with Crippen LogP contribution in [0, 0.1) is 5.92 Å². The lowest BCUT2D eigenvalue weighted by Gasteiger charge is -2.10. The molecular weight excluding hydrogens is 108 g/mol. The quantitative estimate of drug-likeness (QED) is 0.458. The zero-order chi connectivity index (χ0) is 6.10. The van der Waals surface area contributed by atoms with Gasteiger partial charge in [-0.2, -0.15) is 0 Å². The Morgan fingerprint density at radius 1 is 1.22 bits per heavy atom. The fourth-order valence-electron chi connectivity index (χ4n) is 1.49. The summed E-state index contributed by atoms with van der Waals surface area (Å²) in [6, 6.07) is 0. The summed E-state index contributed by atoms with van der Waals surface area (Å²) in [5, 5.41) is 0. The summed E-state index contributed by atoms with van der Waals surface area (Å²) in [6.45, 7) is 0. The van der Waals surface area contributed by atoms with Crippen LogP contribution in [-0.2, 0) is 0 Å². The van der Waals surface area contributed by atoms with Crippen LogP contribution in [0.3, 0.4) is 0 Å². The van der Waals surface area contributed by atoms with Crippen LogP contribution in [0.5, 0.6) is 0 Å².